The Morgan fingerprint density at radius 1 is 1.43 bits per heavy atom. The van der Waals surface area contributed by atoms with E-state index >= 15 is 0 Å². The third kappa shape index (κ3) is 2.13. The van der Waals surface area contributed by atoms with E-state index in [-0.39, 0.29) is 0 Å². The van der Waals surface area contributed by atoms with E-state index in [1.54, 1.807) is 6.08 Å². The van der Waals surface area contributed by atoms with Gasteiger partial charge in [-0.2, -0.15) is 5.10 Å². The van der Waals surface area contributed by atoms with E-state index in [9.17, 15) is 0 Å². The van der Waals surface area contributed by atoms with E-state index in [0.717, 1.165) is 11.0 Å². The lowest BCUT2D eigenvalue weighted by Crippen LogP contribution is -2.29. The second kappa shape index (κ2) is 4.27. The standard InChI is InChI=1S/C12H18N2/c1-6-7-12-11(8-9(2)3)10(4)13-14(12)5/h6-9H,1H2,2-5H3/b11-8-,12-7+. The lowest BCUT2D eigenvalue weighted by atomic mass is 10.1. The van der Waals surface area contributed by atoms with Gasteiger partial charge in [0.1, 0.15) is 0 Å². The average molecular weight is 190 g/mol. The Balaban J connectivity index is 3.56. The van der Waals surface area contributed by atoms with Crippen LogP contribution in [-0.4, -0.2) is 9.78 Å². The molecule has 2 heteroatoms. The van der Waals surface area contributed by atoms with Crippen molar-refractivity contribution in [3.05, 3.63) is 28.9 Å². The van der Waals surface area contributed by atoms with E-state index in [1.807, 2.05) is 24.7 Å². The topological polar surface area (TPSA) is 17.8 Å². The summed E-state index contributed by atoms with van der Waals surface area (Å²) in [6.07, 6.45) is 6.03. The van der Waals surface area contributed by atoms with Gasteiger partial charge < -0.3 is 0 Å². The molecule has 76 valence electrons. The average Bonchev–Trinajstić information content (AvgIpc) is 2.31. The first-order valence-corrected chi connectivity index (χ1v) is 4.90. The number of allylic oxidation sites excluding steroid dienone is 1. The van der Waals surface area contributed by atoms with Crippen LogP contribution in [-0.2, 0) is 7.05 Å². The molecule has 0 saturated heterocycles. The molecule has 0 bridgehead atoms. The molecule has 0 spiro atoms. The fraction of sp³-hybridized carbons (Fsp3) is 0.417. The molecule has 0 fully saturated rings. The van der Waals surface area contributed by atoms with Gasteiger partial charge in [-0.25, -0.2) is 0 Å². The lowest BCUT2D eigenvalue weighted by Gasteiger charge is -1.92. The predicted octanol–water partition coefficient (Wildman–Crippen LogP) is 1.13. The number of hydrogen-bond donors (Lipinski definition) is 0. The molecule has 0 aliphatic carbocycles. The normalized spacial score (nSPS) is 14.1. The molecule has 1 aromatic rings. The van der Waals surface area contributed by atoms with Gasteiger partial charge in [-0.15, -0.1) is 0 Å². The molecule has 1 aromatic heterocycles. The van der Waals surface area contributed by atoms with Gasteiger partial charge >= 0.3 is 0 Å². The van der Waals surface area contributed by atoms with E-state index in [2.05, 4.69) is 31.6 Å². The first-order valence-electron chi connectivity index (χ1n) is 4.90. The zero-order valence-corrected chi connectivity index (χ0v) is 9.41. The second-order valence-corrected chi connectivity index (χ2v) is 3.82. The number of aryl methyl sites for hydroxylation is 2. The van der Waals surface area contributed by atoms with Crippen molar-refractivity contribution in [2.75, 3.05) is 0 Å². The van der Waals surface area contributed by atoms with Crippen molar-refractivity contribution in [1.82, 2.24) is 9.78 Å². The summed E-state index contributed by atoms with van der Waals surface area (Å²) in [5.74, 6) is 0.537. The van der Waals surface area contributed by atoms with Gasteiger partial charge in [0.2, 0.25) is 0 Å². The van der Waals surface area contributed by atoms with Crippen LogP contribution in [0.2, 0.25) is 0 Å². The van der Waals surface area contributed by atoms with Gasteiger partial charge in [0.15, 0.2) is 0 Å². The minimum Gasteiger partial charge on any atom is -0.268 e. The molecular formula is C12H18N2. The van der Waals surface area contributed by atoms with Crippen LogP contribution in [0, 0.1) is 12.8 Å². The Morgan fingerprint density at radius 3 is 2.57 bits per heavy atom. The fourth-order valence-electron chi connectivity index (χ4n) is 1.54. The molecule has 0 N–H and O–H groups in total. The number of hydrogen-bond acceptors (Lipinski definition) is 1. The second-order valence-electron chi connectivity index (χ2n) is 3.82. The highest BCUT2D eigenvalue weighted by molar-refractivity contribution is 5.37. The third-order valence-corrected chi connectivity index (χ3v) is 2.09. The van der Waals surface area contributed by atoms with E-state index in [0.29, 0.717) is 5.92 Å². The predicted molar refractivity (Wildman–Crippen MR) is 61.2 cm³/mol. The summed E-state index contributed by atoms with van der Waals surface area (Å²) >= 11 is 0. The Labute approximate surface area is 85.3 Å². The van der Waals surface area contributed by atoms with E-state index < -0.39 is 0 Å². The minimum absolute atomic E-state index is 0.537. The van der Waals surface area contributed by atoms with Gasteiger partial charge in [-0.05, 0) is 18.9 Å². The third-order valence-electron chi connectivity index (χ3n) is 2.09. The molecule has 0 saturated carbocycles. The van der Waals surface area contributed by atoms with E-state index in [1.165, 1.54) is 5.22 Å². The molecule has 14 heavy (non-hydrogen) atoms. The minimum atomic E-state index is 0.537. The first-order chi connectivity index (χ1) is 6.56. The van der Waals surface area contributed by atoms with Crippen LogP contribution in [0.25, 0.3) is 12.2 Å². The maximum atomic E-state index is 4.39. The summed E-state index contributed by atoms with van der Waals surface area (Å²) in [7, 11) is 1.96. The van der Waals surface area contributed by atoms with Crippen molar-refractivity contribution in [3.63, 3.8) is 0 Å². The van der Waals surface area contributed by atoms with Crippen LogP contribution < -0.4 is 10.6 Å². The summed E-state index contributed by atoms with van der Waals surface area (Å²) in [6.45, 7) is 10.1. The van der Waals surface area contributed by atoms with Crippen LogP contribution in [0.4, 0.5) is 0 Å². The molecule has 0 radical (unpaired) electrons. The zero-order chi connectivity index (χ0) is 10.7. The molecule has 0 amide bonds. The highest BCUT2D eigenvalue weighted by Crippen LogP contribution is 1.92. The highest BCUT2D eigenvalue weighted by Gasteiger charge is 1.99. The van der Waals surface area contributed by atoms with Crippen molar-refractivity contribution in [2.45, 2.75) is 20.8 Å². The lowest BCUT2D eigenvalue weighted by molar-refractivity contribution is 0.734. The summed E-state index contributed by atoms with van der Waals surface area (Å²) in [4.78, 5) is 0. The Kier molecular flexibility index (Phi) is 3.28. The van der Waals surface area contributed by atoms with Gasteiger partial charge in [-0.3, -0.25) is 4.68 Å². The Bertz CT molecular complexity index is 436. The maximum absolute atomic E-state index is 4.39. The molecule has 0 aliphatic heterocycles. The smallest absolute Gasteiger partial charge is 0.0678 e. The molecule has 2 nitrogen and oxygen atoms in total. The van der Waals surface area contributed by atoms with E-state index in [4.69, 9.17) is 0 Å². The van der Waals surface area contributed by atoms with Crippen LogP contribution in [0.1, 0.15) is 19.5 Å². The Hall–Kier alpha value is -1.31. The molecule has 0 aromatic carbocycles. The zero-order valence-electron chi connectivity index (χ0n) is 9.41. The molecule has 0 aliphatic rings. The maximum Gasteiger partial charge on any atom is 0.0678 e. The van der Waals surface area contributed by atoms with Gasteiger partial charge in [0.25, 0.3) is 0 Å². The molecule has 1 heterocycles. The molecular weight excluding hydrogens is 172 g/mol. The summed E-state index contributed by atoms with van der Waals surface area (Å²) < 4.78 is 1.89. The fourth-order valence-corrected chi connectivity index (χ4v) is 1.54. The summed E-state index contributed by atoms with van der Waals surface area (Å²) in [5.41, 5.74) is 1.08. The van der Waals surface area contributed by atoms with Crippen LogP contribution in [0.15, 0.2) is 12.7 Å². The van der Waals surface area contributed by atoms with Crippen molar-refractivity contribution < 1.29 is 0 Å². The van der Waals surface area contributed by atoms with Gasteiger partial charge in [-0.1, -0.05) is 32.6 Å². The first kappa shape index (κ1) is 10.8. The number of aromatic nitrogens is 2. The van der Waals surface area contributed by atoms with Gasteiger partial charge in [0.05, 0.1) is 11.0 Å². The van der Waals surface area contributed by atoms with Crippen LogP contribution in [0.3, 0.4) is 0 Å². The van der Waals surface area contributed by atoms with Gasteiger partial charge in [0, 0.05) is 12.3 Å². The monoisotopic (exact) mass is 190 g/mol. The largest absolute Gasteiger partial charge is 0.268 e. The number of nitrogens with zero attached hydrogens (tertiary/aromatic N) is 2. The molecule has 1 rings (SSSR count). The highest BCUT2D eigenvalue weighted by atomic mass is 15.3. The van der Waals surface area contributed by atoms with Crippen molar-refractivity contribution in [1.29, 1.82) is 0 Å². The van der Waals surface area contributed by atoms with Crippen molar-refractivity contribution in [3.8, 4) is 0 Å². The van der Waals surface area contributed by atoms with Crippen LogP contribution >= 0.6 is 0 Å². The quantitative estimate of drug-likeness (QED) is 0.683. The Morgan fingerprint density at radius 2 is 2.07 bits per heavy atom. The molecule has 0 unspecified atom stereocenters. The summed E-state index contributed by atoms with van der Waals surface area (Å²) in [6, 6.07) is 0. The molecule has 0 atom stereocenters. The SMILES string of the molecule is C=C/C=c1\c(=C/C(C)C)c(C)nn1C. The van der Waals surface area contributed by atoms with Crippen LogP contribution in [0.5, 0.6) is 0 Å². The van der Waals surface area contributed by atoms with Crippen molar-refractivity contribution in [2.24, 2.45) is 13.0 Å². The summed E-state index contributed by atoms with van der Waals surface area (Å²) in [5, 5.41) is 6.74. The number of rotatable bonds is 2. The van der Waals surface area contributed by atoms with Crippen molar-refractivity contribution >= 4 is 12.2 Å².